The summed E-state index contributed by atoms with van der Waals surface area (Å²) in [6.45, 7) is 6.33. The molecule has 3 saturated carbocycles. The fourth-order valence-corrected chi connectivity index (χ4v) is 5.13. The third kappa shape index (κ3) is 2.06. The van der Waals surface area contributed by atoms with Crippen LogP contribution >= 0.6 is 0 Å². The summed E-state index contributed by atoms with van der Waals surface area (Å²) in [7, 11) is 0. The number of imidazole rings is 1. The van der Waals surface area contributed by atoms with E-state index in [9.17, 15) is 0 Å². The fraction of sp³-hybridized carbons (Fsp3) is 0.571. The van der Waals surface area contributed by atoms with Crippen LogP contribution in [0, 0.1) is 19.3 Å². The van der Waals surface area contributed by atoms with Crippen LogP contribution in [0.1, 0.15) is 54.7 Å². The van der Waals surface area contributed by atoms with E-state index in [1.54, 1.807) is 0 Å². The van der Waals surface area contributed by atoms with E-state index >= 15 is 0 Å². The minimum absolute atomic E-state index is 0.386. The fourth-order valence-electron chi connectivity index (χ4n) is 5.13. The first kappa shape index (κ1) is 14.6. The topological polar surface area (TPSA) is 27.1 Å². The monoisotopic (exact) mass is 322 g/mol. The number of rotatable bonds is 4. The Balaban J connectivity index is 1.23. The average Bonchev–Trinajstić information content (AvgIpc) is 2.92. The second-order valence-corrected chi connectivity index (χ2v) is 8.54. The highest BCUT2D eigenvalue weighted by Crippen LogP contribution is 2.73. The highest BCUT2D eigenvalue weighted by Gasteiger charge is 2.69. The van der Waals surface area contributed by atoms with E-state index in [-0.39, 0.29) is 0 Å². The van der Waals surface area contributed by atoms with Gasteiger partial charge in [0.15, 0.2) is 0 Å². The quantitative estimate of drug-likeness (QED) is 0.837. The normalized spacial score (nSPS) is 30.2. The number of nitrogens with zero attached hydrogens (tertiary/aromatic N) is 2. The molecule has 2 aromatic rings. The van der Waals surface area contributed by atoms with Crippen molar-refractivity contribution in [2.45, 2.75) is 64.3 Å². The van der Waals surface area contributed by atoms with Crippen LogP contribution in [0.5, 0.6) is 5.75 Å². The van der Waals surface area contributed by atoms with E-state index < -0.39 is 0 Å². The first-order chi connectivity index (χ1) is 11.6. The lowest BCUT2D eigenvalue weighted by molar-refractivity contribution is -0.164. The van der Waals surface area contributed by atoms with Crippen molar-refractivity contribution in [2.75, 3.05) is 6.61 Å². The highest BCUT2D eigenvalue weighted by molar-refractivity contribution is 5.36. The van der Waals surface area contributed by atoms with Gasteiger partial charge in [-0.1, -0.05) is 6.07 Å². The predicted octanol–water partition coefficient (Wildman–Crippen LogP) is 4.34. The molecule has 3 heteroatoms. The van der Waals surface area contributed by atoms with Gasteiger partial charge in [-0.05, 0) is 69.2 Å². The van der Waals surface area contributed by atoms with E-state index in [0.29, 0.717) is 10.8 Å². The van der Waals surface area contributed by atoms with Crippen LogP contribution in [0.3, 0.4) is 0 Å². The Labute approximate surface area is 144 Å². The van der Waals surface area contributed by atoms with Crippen molar-refractivity contribution in [3.63, 3.8) is 0 Å². The second-order valence-electron chi connectivity index (χ2n) is 8.54. The summed E-state index contributed by atoms with van der Waals surface area (Å²) >= 11 is 0. The van der Waals surface area contributed by atoms with E-state index in [4.69, 9.17) is 9.72 Å². The number of ether oxygens (including phenoxy) is 1. The molecule has 0 saturated heterocycles. The molecule has 0 amide bonds. The largest absolute Gasteiger partial charge is 0.493 e. The van der Waals surface area contributed by atoms with Gasteiger partial charge < -0.3 is 9.30 Å². The first-order valence-electron chi connectivity index (χ1n) is 9.34. The molecular weight excluding hydrogens is 296 g/mol. The third-order valence-corrected chi connectivity index (χ3v) is 6.62. The Bertz CT molecular complexity index is 761. The van der Waals surface area contributed by atoms with Crippen LogP contribution in [0.25, 0.3) is 0 Å². The van der Waals surface area contributed by atoms with Crippen molar-refractivity contribution in [3.05, 3.63) is 47.0 Å². The van der Waals surface area contributed by atoms with Crippen LogP contribution in [-0.4, -0.2) is 16.2 Å². The van der Waals surface area contributed by atoms with Crippen molar-refractivity contribution in [1.82, 2.24) is 9.55 Å². The maximum atomic E-state index is 6.12. The second kappa shape index (κ2) is 4.87. The minimum Gasteiger partial charge on any atom is -0.493 e. The van der Waals surface area contributed by atoms with Crippen molar-refractivity contribution in [3.8, 4) is 5.75 Å². The number of aryl methyl sites for hydroxylation is 4. The number of hydrogen-bond acceptors (Lipinski definition) is 2. The Hall–Kier alpha value is -1.77. The molecule has 3 fully saturated rings. The molecule has 3 aliphatic carbocycles. The van der Waals surface area contributed by atoms with E-state index in [2.05, 4.69) is 42.8 Å². The number of fused-ring (bicyclic) bond motifs is 1. The predicted molar refractivity (Wildman–Crippen MR) is 94.5 cm³/mol. The van der Waals surface area contributed by atoms with Crippen molar-refractivity contribution in [1.29, 1.82) is 0 Å². The standard InChI is InChI=1S/C21H26N2O/c1-15-6-7-17(9-16(15)2)24-14-20-11-21(12-20,13-20)18-10-23-8-4-3-5-19(23)22-18/h6-7,9-10H,3-5,8,11-14H2,1-2H3. The van der Waals surface area contributed by atoms with Crippen LogP contribution < -0.4 is 4.74 Å². The molecule has 0 spiro atoms. The van der Waals surface area contributed by atoms with Gasteiger partial charge in [0.1, 0.15) is 11.6 Å². The molecule has 3 nitrogen and oxygen atoms in total. The minimum atomic E-state index is 0.386. The van der Waals surface area contributed by atoms with Crippen LogP contribution in [0.2, 0.25) is 0 Å². The molecule has 6 rings (SSSR count). The van der Waals surface area contributed by atoms with Crippen molar-refractivity contribution < 1.29 is 4.74 Å². The Kier molecular flexibility index (Phi) is 2.96. The van der Waals surface area contributed by atoms with Crippen LogP contribution in [0.15, 0.2) is 24.4 Å². The smallest absolute Gasteiger partial charge is 0.119 e. The van der Waals surface area contributed by atoms with Gasteiger partial charge in [0.25, 0.3) is 0 Å². The zero-order valence-electron chi connectivity index (χ0n) is 14.8. The molecule has 1 aromatic carbocycles. The Morgan fingerprint density at radius 3 is 2.71 bits per heavy atom. The molecule has 4 aliphatic rings. The van der Waals surface area contributed by atoms with Gasteiger partial charge in [-0.15, -0.1) is 0 Å². The molecule has 0 N–H and O–H groups in total. The molecule has 0 atom stereocenters. The Morgan fingerprint density at radius 2 is 1.96 bits per heavy atom. The summed E-state index contributed by atoms with van der Waals surface area (Å²) in [5.41, 5.74) is 4.81. The van der Waals surface area contributed by atoms with E-state index in [1.807, 2.05) is 0 Å². The first-order valence-corrected chi connectivity index (χ1v) is 9.34. The lowest BCUT2D eigenvalue weighted by Crippen LogP contribution is -2.66. The maximum Gasteiger partial charge on any atom is 0.119 e. The molecule has 1 aliphatic heterocycles. The summed E-state index contributed by atoms with van der Waals surface area (Å²) in [6, 6.07) is 6.43. The van der Waals surface area contributed by atoms with Gasteiger partial charge in [-0.25, -0.2) is 4.98 Å². The summed E-state index contributed by atoms with van der Waals surface area (Å²) in [4.78, 5) is 4.98. The molecule has 0 unspecified atom stereocenters. The molecular formula is C21H26N2O. The highest BCUT2D eigenvalue weighted by atomic mass is 16.5. The number of benzene rings is 1. The SMILES string of the molecule is Cc1ccc(OCC23CC(c4cn5c(n4)CCCC5)(C2)C3)cc1C. The lowest BCUT2D eigenvalue weighted by atomic mass is 9.34. The molecule has 24 heavy (non-hydrogen) atoms. The van der Waals surface area contributed by atoms with Crippen LogP contribution in [0.4, 0.5) is 0 Å². The van der Waals surface area contributed by atoms with Gasteiger partial charge >= 0.3 is 0 Å². The number of hydrogen-bond donors (Lipinski definition) is 0. The molecule has 126 valence electrons. The zero-order chi connectivity index (χ0) is 16.4. The summed E-state index contributed by atoms with van der Waals surface area (Å²) < 4.78 is 8.52. The third-order valence-electron chi connectivity index (χ3n) is 6.62. The summed E-state index contributed by atoms with van der Waals surface area (Å²) in [5, 5.41) is 0. The van der Waals surface area contributed by atoms with Crippen molar-refractivity contribution in [2.24, 2.45) is 5.41 Å². The molecule has 0 radical (unpaired) electrons. The molecule has 1 aromatic heterocycles. The van der Waals surface area contributed by atoms with Gasteiger partial charge in [0.2, 0.25) is 0 Å². The van der Waals surface area contributed by atoms with Gasteiger partial charge in [0, 0.05) is 30.0 Å². The van der Waals surface area contributed by atoms with Gasteiger partial charge in [0.05, 0.1) is 12.3 Å². The summed E-state index contributed by atoms with van der Waals surface area (Å²) in [6.07, 6.45) is 9.92. The maximum absolute atomic E-state index is 6.12. The Morgan fingerprint density at radius 1 is 1.12 bits per heavy atom. The number of aromatic nitrogens is 2. The molecule has 2 bridgehead atoms. The lowest BCUT2D eigenvalue weighted by Gasteiger charge is -2.69. The van der Waals surface area contributed by atoms with Crippen LogP contribution in [-0.2, 0) is 18.4 Å². The van der Waals surface area contributed by atoms with Crippen molar-refractivity contribution >= 4 is 0 Å². The summed E-state index contributed by atoms with van der Waals surface area (Å²) in [5.74, 6) is 2.34. The zero-order valence-corrected chi connectivity index (χ0v) is 14.8. The van der Waals surface area contributed by atoms with Gasteiger partial charge in [-0.3, -0.25) is 0 Å². The van der Waals surface area contributed by atoms with E-state index in [0.717, 1.165) is 18.8 Å². The van der Waals surface area contributed by atoms with E-state index in [1.165, 1.54) is 61.3 Å². The average molecular weight is 322 g/mol. The van der Waals surface area contributed by atoms with Gasteiger partial charge in [-0.2, -0.15) is 0 Å². The molecule has 2 heterocycles.